The third-order valence-corrected chi connectivity index (χ3v) is 4.42. The molecule has 8 heteroatoms. The van der Waals surface area contributed by atoms with E-state index in [4.69, 9.17) is 9.47 Å². The summed E-state index contributed by atoms with van der Waals surface area (Å²) in [7, 11) is 0. The fourth-order valence-electron chi connectivity index (χ4n) is 2.69. The lowest BCUT2D eigenvalue weighted by atomic mass is 9.95. The number of rotatable bonds is 8. The molecule has 0 saturated carbocycles. The zero-order valence-corrected chi connectivity index (χ0v) is 18.2. The number of halogens is 1. The molecule has 7 nitrogen and oxygen atoms in total. The number of nitrogens with one attached hydrogen (secondary N) is 1. The van der Waals surface area contributed by atoms with Crippen molar-refractivity contribution in [1.29, 1.82) is 0 Å². The summed E-state index contributed by atoms with van der Waals surface area (Å²) >= 11 is 0. The maximum Gasteiger partial charge on any atom is 0.336 e. The molecule has 3 aromatic rings. The quantitative estimate of drug-likeness (QED) is 0.538. The first-order valence-electron chi connectivity index (χ1n) is 10.1. The molecule has 0 bridgehead atoms. The van der Waals surface area contributed by atoms with Gasteiger partial charge < -0.3 is 14.8 Å². The maximum atomic E-state index is 14.5. The first-order chi connectivity index (χ1) is 14.8. The Labute approximate surface area is 181 Å². The van der Waals surface area contributed by atoms with E-state index in [0.29, 0.717) is 36.0 Å². The van der Waals surface area contributed by atoms with Gasteiger partial charge in [-0.25, -0.2) is 9.07 Å². The minimum absolute atomic E-state index is 0.0852. The highest BCUT2D eigenvalue weighted by Gasteiger charge is 2.21. The second-order valence-electron chi connectivity index (χ2n) is 7.91. The lowest BCUT2D eigenvalue weighted by Gasteiger charge is -2.17. The molecule has 0 atom stereocenters. The minimum atomic E-state index is -0.504. The third kappa shape index (κ3) is 5.67. The highest BCUT2D eigenvalue weighted by molar-refractivity contribution is 5.94. The van der Waals surface area contributed by atoms with Gasteiger partial charge in [-0.2, -0.15) is 4.98 Å². The Morgan fingerprint density at radius 1 is 1.10 bits per heavy atom. The number of carbonyl (C=O) groups is 1. The van der Waals surface area contributed by atoms with Crippen LogP contribution in [0.15, 0.2) is 48.5 Å². The van der Waals surface area contributed by atoms with Gasteiger partial charge in [-0.15, -0.1) is 5.10 Å². The molecular formula is C23H27FN4O3. The first-order valence-corrected chi connectivity index (χ1v) is 10.1. The van der Waals surface area contributed by atoms with E-state index in [0.717, 1.165) is 0 Å². The van der Waals surface area contributed by atoms with Crippen molar-refractivity contribution in [3.8, 4) is 23.1 Å². The number of nitrogens with zero attached hydrogens (tertiary/aromatic N) is 3. The number of carbonyl (C=O) groups excluding carboxylic acids is 1. The summed E-state index contributed by atoms with van der Waals surface area (Å²) in [5, 5.41) is 7.28. The fourth-order valence-corrected chi connectivity index (χ4v) is 2.69. The van der Waals surface area contributed by atoms with Gasteiger partial charge in [-0.3, -0.25) is 4.79 Å². The van der Waals surface area contributed by atoms with Crippen LogP contribution in [0.1, 0.15) is 27.7 Å². The van der Waals surface area contributed by atoms with Crippen LogP contribution < -0.4 is 10.1 Å². The van der Waals surface area contributed by atoms with E-state index in [1.165, 1.54) is 10.7 Å². The van der Waals surface area contributed by atoms with Crippen LogP contribution in [0.2, 0.25) is 0 Å². The molecule has 31 heavy (non-hydrogen) atoms. The number of benzene rings is 2. The summed E-state index contributed by atoms with van der Waals surface area (Å²) in [6.45, 7) is 8.72. The molecular weight excluding hydrogens is 399 g/mol. The van der Waals surface area contributed by atoms with Gasteiger partial charge in [0.2, 0.25) is 5.91 Å². The second kappa shape index (κ2) is 9.70. The van der Waals surface area contributed by atoms with Crippen LogP contribution >= 0.6 is 0 Å². The molecule has 0 fully saturated rings. The highest BCUT2D eigenvalue weighted by Crippen LogP contribution is 2.27. The Kier molecular flexibility index (Phi) is 7.02. The van der Waals surface area contributed by atoms with Crippen molar-refractivity contribution in [2.45, 2.75) is 27.7 Å². The highest BCUT2D eigenvalue weighted by atomic mass is 19.1. The molecule has 0 aliphatic carbocycles. The lowest BCUT2D eigenvalue weighted by molar-refractivity contribution is -0.123. The van der Waals surface area contributed by atoms with Gasteiger partial charge in [0.1, 0.15) is 12.4 Å². The molecule has 0 aliphatic rings. The van der Waals surface area contributed by atoms with Gasteiger partial charge in [0.25, 0.3) is 0 Å². The Morgan fingerprint density at radius 3 is 2.45 bits per heavy atom. The Morgan fingerprint density at radius 2 is 1.81 bits per heavy atom. The molecule has 1 N–H and O–H groups in total. The molecule has 3 rings (SSSR count). The predicted molar refractivity (Wildman–Crippen MR) is 117 cm³/mol. The van der Waals surface area contributed by atoms with Crippen molar-refractivity contribution in [3.63, 3.8) is 0 Å². The van der Waals surface area contributed by atoms with Gasteiger partial charge in [0, 0.05) is 17.7 Å². The summed E-state index contributed by atoms with van der Waals surface area (Å²) < 4.78 is 26.8. The van der Waals surface area contributed by atoms with Gasteiger partial charge in [-0.05, 0) is 43.3 Å². The molecule has 1 amide bonds. The van der Waals surface area contributed by atoms with Crippen LogP contribution in [-0.4, -0.2) is 40.5 Å². The van der Waals surface area contributed by atoms with Gasteiger partial charge in [0.05, 0.1) is 17.9 Å². The Balaban J connectivity index is 1.90. The monoisotopic (exact) mass is 426 g/mol. The van der Waals surface area contributed by atoms with Gasteiger partial charge in [-0.1, -0.05) is 32.9 Å². The summed E-state index contributed by atoms with van der Waals surface area (Å²) in [5.74, 6) is -0.180. The van der Waals surface area contributed by atoms with E-state index in [1.54, 1.807) is 42.5 Å². The normalized spacial score (nSPS) is 11.4. The van der Waals surface area contributed by atoms with E-state index in [2.05, 4.69) is 15.4 Å². The summed E-state index contributed by atoms with van der Waals surface area (Å²) in [5.41, 5.74) is 1.11. The minimum Gasteiger partial charge on any atom is -0.460 e. The number of amides is 1. The van der Waals surface area contributed by atoms with Gasteiger partial charge in [0.15, 0.2) is 5.82 Å². The lowest BCUT2D eigenvalue weighted by Crippen LogP contribution is -2.27. The zero-order chi connectivity index (χ0) is 22.4. The maximum absolute atomic E-state index is 14.5. The van der Waals surface area contributed by atoms with Crippen molar-refractivity contribution >= 4 is 11.6 Å². The topological polar surface area (TPSA) is 78.3 Å². The second-order valence-corrected chi connectivity index (χ2v) is 7.91. The van der Waals surface area contributed by atoms with Crippen molar-refractivity contribution in [2.24, 2.45) is 5.41 Å². The van der Waals surface area contributed by atoms with Crippen LogP contribution in [0.5, 0.6) is 6.01 Å². The van der Waals surface area contributed by atoms with Gasteiger partial charge >= 0.3 is 6.01 Å². The third-order valence-electron chi connectivity index (χ3n) is 4.42. The average Bonchev–Trinajstić information content (AvgIpc) is 3.15. The average molecular weight is 426 g/mol. The van der Waals surface area contributed by atoms with E-state index in [1.807, 2.05) is 27.7 Å². The van der Waals surface area contributed by atoms with Crippen LogP contribution in [0.4, 0.5) is 10.1 Å². The summed E-state index contributed by atoms with van der Waals surface area (Å²) in [4.78, 5) is 16.6. The Bertz CT molecular complexity index is 1030. The largest absolute Gasteiger partial charge is 0.460 e. The molecule has 0 spiro atoms. The molecule has 0 radical (unpaired) electrons. The molecule has 1 heterocycles. The van der Waals surface area contributed by atoms with E-state index < -0.39 is 11.2 Å². The smallest absolute Gasteiger partial charge is 0.336 e. The van der Waals surface area contributed by atoms with E-state index in [9.17, 15) is 9.18 Å². The first kappa shape index (κ1) is 22.4. The van der Waals surface area contributed by atoms with Crippen LogP contribution in [0, 0.1) is 11.2 Å². The van der Waals surface area contributed by atoms with E-state index >= 15 is 0 Å². The van der Waals surface area contributed by atoms with Crippen LogP contribution in [0.3, 0.4) is 0 Å². The van der Waals surface area contributed by atoms with Crippen molar-refractivity contribution in [2.75, 3.05) is 25.1 Å². The van der Waals surface area contributed by atoms with Crippen LogP contribution in [-0.2, 0) is 9.53 Å². The van der Waals surface area contributed by atoms with Crippen molar-refractivity contribution in [3.05, 3.63) is 54.3 Å². The molecule has 0 aliphatic heterocycles. The number of ether oxygens (including phenoxy) is 2. The number of aromatic nitrogens is 3. The SMILES string of the molecule is CCOCCOc1nc(-c2ccccc2F)n(-c2ccc(NC(=O)C(C)(C)C)cc2)n1. The molecule has 0 saturated heterocycles. The number of hydrogen-bond acceptors (Lipinski definition) is 5. The number of anilines is 1. The predicted octanol–water partition coefficient (Wildman–Crippen LogP) is 4.47. The Hall–Kier alpha value is -3.26. The molecule has 164 valence electrons. The van der Waals surface area contributed by atoms with Crippen molar-refractivity contribution < 1.29 is 18.7 Å². The summed E-state index contributed by atoms with van der Waals surface area (Å²) in [6.07, 6.45) is 0. The van der Waals surface area contributed by atoms with E-state index in [-0.39, 0.29) is 18.5 Å². The standard InChI is InChI=1S/C23H27FN4O3/c1-5-30-14-15-31-22-26-20(18-8-6-7-9-19(18)24)28(27-22)17-12-10-16(11-13-17)25-21(29)23(2,3)4/h6-13H,5,14-15H2,1-4H3,(H,25,29). The van der Waals surface area contributed by atoms with Crippen LogP contribution in [0.25, 0.3) is 17.1 Å². The molecule has 2 aromatic carbocycles. The summed E-state index contributed by atoms with van der Waals surface area (Å²) in [6, 6.07) is 13.6. The zero-order valence-electron chi connectivity index (χ0n) is 18.2. The molecule has 1 aromatic heterocycles. The molecule has 0 unspecified atom stereocenters. The van der Waals surface area contributed by atoms with Crippen molar-refractivity contribution in [1.82, 2.24) is 14.8 Å². The number of hydrogen-bond donors (Lipinski definition) is 1. The fraction of sp³-hybridized carbons (Fsp3) is 0.348.